The van der Waals surface area contributed by atoms with E-state index in [0.29, 0.717) is 16.8 Å². The number of para-hydroxylation sites is 2. The van der Waals surface area contributed by atoms with E-state index in [1.54, 1.807) is 24.3 Å². The third-order valence-electron chi connectivity index (χ3n) is 3.96. The topological polar surface area (TPSA) is 103 Å². The normalized spacial score (nSPS) is 11.8. The maximum Gasteiger partial charge on any atom is 0.419 e. The van der Waals surface area contributed by atoms with Crippen molar-refractivity contribution in [3.05, 3.63) is 64.9 Å². The van der Waals surface area contributed by atoms with Gasteiger partial charge in [-0.15, -0.1) is 0 Å². The van der Waals surface area contributed by atoms with Crippen LogP contribution < -0.4 is 21.3 Å². The molecule has 3 aromatic rings. The number of nitrogens with one attached hydrogen (secondary N) is 2. The number of nitrogens with zero attached hydrogens (tertiary/aromatic N) is 1. The number of ether oxygens (including phenoxy) is 1. The van der Waals surface area contributed by atoms with E-state index in [1.165, 1.54) is 35.8 Å². The Hall–Kier alpha value is -3.62. The minimum absolute atomic E-state index is 0.0447. The van der Waals surface area contributed by atoms with Crippen molar-refractivity contribution < 1.29 is 23.1 Å². The number of hydrogen-bond acceptors (Lipinski definition) is 5. The van der Waals surface area contributed by atoms with Gasteiger partial charge in [0.25, 0.3) is 5.91 Å². The van der Waals surface area contributed by atoms with Crippen molar-refractivity contribution in [3.63, 3.8) is 0 Å². The number of aromatic nitrogens is 1. The van der Waals surface area contributed by atoms with E-state index < -0.39 is 29.5 Å². The minimum Gasteiger partial charge on any atom is -0.481 e. The number of amides is 2. The summed E-state index contributed by atoms with van der Waals surface area (Å²) in [6.45, 7) is 1.58. The molecule has 0 saturated heterocycles. The summed E-state index contributed by atoms with van der Waals surface area (Å²) in [4.78, 5) is 35.8. The van der Waals surface area contributed by atoms with E-state index >= 15 is 0 Å². The standard InChI is InChI=1S/C19H18FN3O5/c1-12(27-14-8-6-13(20)7-9-14)18(25)22-21-17(24)10-11-23-15-4-2-3-5-16(15)28-19(23)26/h2-9,12H,10-11H2,1H3,(H,21,24)(H,22,25)/t12-/m0/s1. The highest BCUT2D eigenvalue weighted by atomic mass is 19.1. The zero-order chi connectivity index (χ0) is 20.1. The fourth-order valence-electron chi connectivity index (χ4n) is 2.51. The molecule has 28 heavy (non-hydrogen) atoms. The fourth-order valence-corrected chi connectivity index (χ4v) is 2.51. The highest BCUT2D eigenvalue weighted by molar-refractivity contribution is 5.84. The lowest BCUT2D eigenvalue weighted by molar-refractivity contribution is -0.132. The molecule has 0 aliphatic rings. The summed E-state index contributed by atoms with van der Waals surface area (Å²) in [5.74, 6) is -1.72. The van der Waals surface area contributed by atoms with Gasteiger partial charge < -0.3 is 9.15 Å². The zero-order valence-electron chi connectivity index (χ0n) is 15.0. The molecule has 0 unspecified atom stereocenters. The number of halogens is 1. The number of hydrogen-bond donors (Lipinski definition) is 2. The van der Waals surface area contributed by atoms with Crippen molar-refractivity contribution in [2.24, 2.45) is 0 Å². The third-order valence-corrected chi connectivity index (χ3v) is 3.96. The first-order valence-corrected chi connectivity index (χ1v) is 8.53. The Morgan fingerprint density at radius 3 is 2.61 bits per heavy atom. The Balaban J connectivity index is 1.48. The number of carbonyl (C=O) groups is 2. The first kappa shape index (κ1) is 19.2. The maximum atomic E-state index is 12.9. The Morgan fingerprint density at radius 1 is 1.14 bits per heavy atom. The SMILES string of the molecule is C[C@H](Oc1ccc(F)cc1)C(=O)NNC(=O)CCn1c(=O)oc2ccccc21. The molecule has 1 aromatic heterocycles. The van der Waals surface area contributed by atoms with Gasteiger partial charge in [-0.3, -0.25) is 25.0 Å². The van der Waals surface area contributed by atoms with Crippen LogP contribution in [0.4, 0.5) is 4.39 Å². The summed E-state index contributed by atoms with van der Waals surface area (Å²) >= 11 is 0. The molecule has 3 rings (SSSR count). The van der Waals surface area contributed by atoms with Crippen molar-refractivity contribution in [3.8, 4) is 5.75 Å². The largest absolute Gasteiger partial charge is 0.481 e. The number of carbonyl (C=O) groups excluding carboxylic acids is 2. The van der Waals surface area contributed by atoms with Crippen LogP contribution >= 0.6 is 0 Å². The summed E-state index contributed by atoms with van der Waals surface area (Å²) in [6.07, 6.45) is -0.956. The van der Waals surface area contributed by atoms with Gasteiger partial charge >= 0.3 is 5.76 Å². The molecule has 0 bridgehead atoms. The number of hydrazine groups is 1. The number of oxazole rings is 1. The second kappa shape index (κ2) is 8.38. The van der Waals surface area contributed by atoms with Gasteiger partial charge in [-0.25, -0.2) is 9.18 Å². The monoisotopic (exact) mass is 387 g/mol. The minimum atomic E-state index is -0.911. The lowest BCUT2D eigenvalue weighted by Gasteiger charge is -2.15. The van der Waals surface area contributed by atoms with Crippen LogP contribution in [0.2, 0.25) is 0 Å². The Kier molecular flexibility index (Phi) is 5.73. The van der Waals surface area contributed by atoms with Crippen molar-refractivity contribution in [1.82, 2.24) is 15.4 Å². The molecule has 1 heterocycles. The van der Waals surface area contributed by atoms with E-state index in [4.69, 9.17) is 9.15 Å². The fraction of sp³-hybridized carbons (Fsp3) is 0.211. The van der Waals surface area contributed by atoms with Crippen LogP contribution in [-0.4, -0.2) is 22.5 Å². The summed E-state index contributed by atoms with van der Waals surface area (Å²) in [5.41, 5.74) is 5.54. The lowest BCUT2D eigenvalue weighted by Crippen LogP contribution is -2.47. The quantitative estimate of drug-likeness (QED) is 0.627. The molecule has 0 spiro atoms. The molecule has 0 aliphatic carbocycles. The summed E-state index contributed by atoms with van der Waals surface area (Å²) in [6, 6.07) is 12.1. The smallest absolute Gasteiger partial charge is 0.419 e. The molecule has 1 atom stereocenters. The maximum absolute atomic E-state index is 12.9. The highest BCUT2D eigenvalue weighted by Crippen LogP contribution is 2.13. The lowest BCUT2D eigenvalue weighted by atomic mass is 10.3. The van der Waals surface area contributed by atoms with Crippen LogP contribution in [0, 0.1) is 5.82 Å². The van der Waals surface area contributed by atoms with Crippen molar-refractivity contribution in [2.75, 3.05) is 0 Å². The van der Waals surface area contributed by atoms with Gasteiger partial charge in [0.1, 0.15) is 11.6 Å². The predicted octanol–water partition coefficient (Wildman–Crippen LogP) is 1.74. The molecular weight excluding hydrogens is 369 g/mol. The van der Waals surface area contributed by atoms with E-state index in [2.05, 4.69) is 10.9 Å². The summed E-state index contributed by atoms with van der Waals surface area (Å²) < 4.78 is 24.7. The van der Waals surface area contributed by atoms with Crippen LogP contribution in [0.3, 0.4) is 0 Å². The molecule has 8 nitrogen and oxygen atoms in total. The average Bonchev–Trinajstić information content (AvgIpc) is 3.01. The van der Waals surface area contributed by atoms with Gasteiger partial charge in [0.05, 0.1) is 5.52 Å². The Morgan fingerprint density at radius 2 is 1.86 bits per heavy atom. The number of fused-ring (bicyclic) bond motifs is 1. The van der Waals surface area contributed by atoms with Gasteiger partial charge in [0, 0.05) is 13.0 Å². The molecule has 2 aromatic carbocycles. The molecule has 146 valence electrons. The van der Waals surface area contributed by atoms with Crippen molar-refractivity contribution in [2.45, 2.75) is 26.0 Å². The van der Waals surface area contributed by atoms with Crippen molar-refractivity contribution >= 4 is 22.9 Å². The Bertz CT molecular complexity index is 1040. The average molecular weight is 387 g/mol. The molecular formula is C19H18FN3O5. The second-order valence-corrected chi connectivity index (χ2v) is 5.99. The van der Waals surface area contributed by atoms with Crippen LogP contribution in [0.25, 0.3) is 11.1 Å². The molecule has 9 heteroatoms. The molecule has 2 N–H and O–H groups in total. The molecule has 2 amide bonds. The molecule has 0 aliphatic heterocycles. The van der Waals surface area contributed by atoms with Gasteiger partial charge in [0.15, 0.2) is 11.7 Å². The third kappa shape index (κ3) is 4.56. The predicted molar refractivity (Wildman–Crippen MR) is 97.9 cm³/mol. The second-order valence-electron chi connectivity index (χ2n) is 5.99. The van der Waals surface area contributed by atoms with Gasteiger partial charge in [-0.2, -0.15) is 0 Å². The first-order valence-electron chi connectivity index (χ1n) is 8.53. The number of benzene rings is 2. The van der Waals surface area contributed by atoms with Crippen LogP contribution in [-0.2, 0) is 16.1 Å². The molecule has 0 saturated carbocycles. The van der Waals surface area contributed by atoms with Gasteiger partial charge in [-0.1, -0.05) is 12.1 Å². The van der Waals surface area contributed by atoms with Crippen LogP contribution in [0.5, 0.6) is 5.75 Å². The zero-order valence-corrected chi connectivity index (χ0v) is 15.0. The highest BCUT2D eigenvalue weighted by Gasteiger charge is 2.16. The van der Waals surface area contributed by atoms with Gasteiger partial charge in [-0.05, 0) is 43.3 Å². The molecule has 0 radical (unpaired) electrons. The van der Waals surface area contributed by atoms with Crippen LogP contribution in [0.1, 0.15) is 13.3 Å². The van der Waals surface area contributed by atoms with Crippen molar-refractivity contribution in [1.29, 1.82) is 0 Å². The van der Waals surface area contributed by atoms with E-state index in [0.717, 1.165) is 0 Å². The number of aryl methyl sites for hydroxylation is 1. The molecule has 0 fully saturated rings. The van der Waals surface area contributed by atoms with E-state index in [9.17, 15) is 18.8 Å². The number of rotatable bonds is 6. The summed E-state index contributed by atoms with van der Waals surface area (Å²) in [7, 11) is 0. The Labute approximate surface area is 158 Å². The van der Waals surface area contributed by atoms with E-state index in [1.807, 2.05) is 0 Å². The summed E-state index contributed by atoms with van der Waals surface area (Å²) in [5, 5.41) is 0. The van der Waals surface area contributed by atoms with Crippen LogP contribution in [0.15, 0.2) is 57.7 Å². The van der Waals surface area contributed by atoms with E-state index in [-0.39, 0.29) is 13.0 Å². The first-order chi connectivity index (χ1) is 13.4. The van der Waals surface area contributed by atoms with Gasteiger partial charge in [0.2, 0.25) is 5.91 Å².